The van der Waals surface area contributed by atoms with E-state index in [1.165, 1.54) is 12.8 Å². The largest absolute Gasteiger partial charge is 0.481 e. The van der Waals surface area contributed by atoms with Crippen LogP contribution in [0, 0.1) is 11.3 Å². The Hall–Kier alpha value is -0.570. The van der Waals surface area contributed by atoms with Gasteiger partial charge in [-0.3, -0.25) is 9.69 Å². The van der Waals surface area contributed by atoms with E-state index in [-0.39, 0.29) is 5.54 Å². The Labute approximate surface area is 111 Å². The molecule has 0 aromatic heterocycles. The van der Waals surface area contributed by atoms with Crippen LogP contribution < -0.4 is 0 Å². The molecule has 2 fully saturated rings. The average Bonchev–Trinajstić information content (AvgIpc) is 2.81. The molecule has 3 heteroatoms. The maximum absolute atomic E-state index is 11.8. The molecule has 0 radical (unpaired) electrons. The van der Waals surface area contributed by atoms with Crippen molar-refractivity contribution in [2.75, 3.05) is 13.1 Å². The van der Waals surface area contributed by atoms with E-state index in [2.05, 4.69) is 25.7 Å². The molecule has 18 heavy (non-hydrogen) atoms. The number of carboxylic acids is 1. The van der Waals surface area contributed by atoms with Crippen LogP contribution in [0.2, 0.25) is 0 Å². The zero-order valence-corrected chi connectivity index (χ0v) is 12.0. The Bertz CT molecular complexity index is 305. The number of hydrogen-bond donors (Lipinski definition) is 1. The standard InChI is InChI=1S/C15H27NO2/c1-14(2,3)16-10-8-15(9-11-16,13(17)18)12-6-4-5-7-12/h12H,4-11H2,1-3H3,(H,17,18). The lowest BCUT2D eigenvalue weighted by Crippen LogP contribution is -2.53. The average molecular weight is 253 g/mol. The fourth-order valence-electron chi connectivity index (χ4n) is 3.85. The molecule has 1 saturated carbocycles. The van der Waals surface area contributed by atoms with Gasteiger partial charge in [-0.2, -0.15) is 0 Å². The number of aliphatic carboxylic acids is 1. The van der Waals surface area contributed by atoms with Gasteiger partial charge in [-0.05, 0) is 65.5 Å². The van der Waals surface area contributed by atoms with Crippen LogP contribution >= 0.6 is 0 Å². The van der Waals surface area contributed by atoms with Crippen molar-refractivity contribution in [3.8, 4) is 0 Å². The fourth-order valence-corrected chi connectivity index (χ4v) is 3.85. The molecule has 1 saturated heterocycles. The Morgan fingerprint density at radius 1 is 1.17 bits per heavy atom. The van der Waals surface area contributed by atoms with Gasteiger partial charge in [0, 0.05) is 5.54 Å². The minimum absolute atomic E-state index is 0.167. The quantitative estimate of drug-likeness (QED) is 0.822. The first kappa shape index (κ1) is 13.9. The highest BCUT2D eigenvalue weighted by Crippen LogP contribution is 2.47. The van der Waals surface area contributed by atoms with Crippen LogP contribution in [0.15, 0.2) is 0 Å². The van der Waals surface area contributed by atoms with Gasteiger partial charge >= 0.3 is 5.97 Å². The SMILES string of the molecule is CC(C)(C)N1CCC(C(=O)O)(C2CCCC2)CC1. The van der Waals surface area contributed by atoms with Crippen molar-refractivity contribution in [1.29, 1.82) is 0 Å². The normalized spacial score (nSPS) is 26.4. The molecule has 0 atom stereocenters. The van der Waals surface area contributed by atoms with Gasteiger partial charge in [0.25, 0.3) is 0 Å². The van der Waals surface area contributed by atoms with E-state index in [9.17, 15) is 9.90 Å². The van der Waals surface area contributed by atoms with Gasteiger partial charge in [0.1, 0.15) is 0 Å². The Morgan fingerprint density at radius 2 is 1.67 bits per heavy atom. The van der Waals surface area contributed by atoms with Gasteiger partial charge in [0.15, 0.2) is 0 Å². The van der Waals surface area contributed by atoms with Crippen LogP contribution in [0.1, 0.15) is 59.3 Å². The predicted molar refractivity (Wildman–Crippen MR) is 72.6 cm³/mol. The molecule has 1 N–H and O–H groups in total. The minimum atomic E-state index is -0.539. The van der Waals surface area contributed by atoms with Crippen LogP contribution in [0.5, 0.6) is 0 Å². The lowest BCUT2D eigenvalue weighted by atomic mass is 9.67. The first-order valence-corrected chi connectivity index (χ1v) is 7.35. The maximum Gasteiger partial charge on any atom is 0.310 e. The van der Waals surface area contributed by atoms with Gasteiger partial charge < -0.3 is 5.11 Å². The summed E-state index contributed by atoms with van der Waals surface area (Å²) in [7, 11) is 0. The van der Waals surface area contributed by atoms with E-state index < -0.39 is 11.4 Å². The van der Waals surface area contributed by atoms with Gasteiger partial charge in [-0.25, -0.2) is 0 Å². The molecule has 0 unspecified atom stereocenters. The Morgan fingerprint density at radius 3 is 2.06 bits per heavy atom. The van der Waals surface area contributed by atoms with Crippen molar-refractivity contribution in [2.45, 2.75) is 64.8 Å². The minimum Gasteiger partial charge on any atom is -0.481 e. The second kappa shape index (κ2) is 4.84. The van der Waals surface area contributed by atoms with Crippen molar-refractivity contribution in [3.05, 3.63) is 0 Å². The summed E-state index contributed by atoms with van der Waals surface area (Å²) in [5.74, 6) is -0.111. The molecule has 0 bridgehead atoms. The second-order valence-electron chi connectivity index (χ2n) is 7.10. The molecular formula is C15H27NO2. The van der Waals surface area contributed by atoms with E-state index in [0.29, 0.717) is 5.92 Å². The fraction of sp³-hybridized carbons (Fsp3) is 0.933. The topological polar surface area (TPSA) is 40.5 Å². The smallest absolute Gasteiger partial charge is 0.310 e. The highest BCUT2D eigenvalue weighted by molar-refractivity contribution is 5.75. The van der Waals surface area contributed by atoms with Crippen molar-refractivity contribution in [1.82, 2.24) is 4.90 Å². The molecule has 1 aliphatic carbocycles. The molecule has 1 aliphatic heterocycles. The van der Waals surface area contributed by atoms with Crippen LogP contribution in [0.3, 0.4) is 0 Å². The van der Waals surface area contributed by atoms with Crippen molar-refractivity contribution in [2.24, 2.45) is 11.3 Å². The zero-order valence-electron chi connectivity index (χ0n) is 12.0. The second-order valence-corrected chi connectivity index (χ2v) is 7.10. The van der Waals surface area contributed by atoms with Gasteiger partial charge in [-0.1, -0.05) is 12.8 Å². The van der Waals surface area contributed by atoms with Gasteiger partial charge in [0.05, 0.1) is 5.41 Å². The first-order valence-electron chi connectivity index (χ1n) is 7.35. The van der Waals surface area contributed by atoms with Crippen LogP contribution in [-0.4, -0.2) is 34.6 Å². The highest BCUT2D eigenvalue weighted by atomic mass is 16.4. The molecule has 0 aromatic carbocycles. The summed E-state index contributed by atoms with van der Waals surface area (Å²) < 4.78 is 0. The van der Waals surface area contributed by atoms with E-state index in [4.69, 9.17) is 0 Å². The van der Waals surface area contributed by atoms with E-state index in [1.54, 1.807) is 0 Å². The van der Waals surface area contributed by atoms with Crippen LogP contribution in [-0.2, 0) is 4.79 Å². The monoisotopic (exact) mass is 253 g/mol. The third-order valence-corrected chi connectivity index (χ3v) is 5.17. The number of piperidine rings is 1. The molecule has 2 aliphatic rings. The summed E-state index contributed by atoms with van der Waals surface area (Å²) in [6.07, 6.45) is 6.38. The third-order valence-electron chi connectivity index (χ3n) is 5.17. The van der Waals surface area contributed by atoms with E-state index in [1.807, 2.05) is 0 Å². The number of rotatable bonds is 2. The summed E-state index contributed by atoms with van der Waals surface area (Å²) in [6.45, 7) is 8.53. The summed E-state index contributed by atoms with van der Waals surface area (Å²) in [5, 5.41) is 9.72. The summed E-state index contributed by atoms with van der Waals surface area (Å²) in [5.41, 5.74) is -0.251. The first-order chi connectivity index (χ1) is 8.36. The molecular weight excluding hydrogens is 226 g/mol. The molecule has 104 valence electrons. The predicted octanol–water partition coefficient (Wildman–Crippen LogP) is 3.14. The van der Waals surface area contributed by atoms with E-state index in [0.717, 1.165) is 38.8 Å². The highest BCUT2D eigenvalue weighted by Gasteiger charge is 2.49. The van der Waals surface area contributed by atoms with E-state index >= 15 is 0 Å². The Balaban J connectivity index is 2.09. The van der Waals surface area contributed by atoms with Crippen molar-refractivity contribution in [3.63, 3.8) is 0 Å². The molecule has 0 spiro atoms. The number of nitrogens with zero attached hydrogens (tertiary/aromatic N) is 1. The number of carboxylic acid groups (broad SMARTS) is 1. The number of likely N-dealkylation sites (tertiary alicyclic amines) is 1. The third kappa shape index (κ3) is 2.42. The lowest BCUT2D eigenvalue weighted by molar-refractivity contribution is -0.157. The van der Waals surface area contributed by atoms with Gasteiger partial charge in [-0.15, -0.1) is 0 Å². The molecule has 1 heterocycles. The molecule has 2 rings (SSSR count). The lowest BCUT2D eigenvalue weighted by Gasteiger charge is -2.47. The number of hydrogen-bond acceptors (Lipinski definition) is 2. The number of carbonyl (C=O) groups is 1. The summed E-state index contributed by atoms with van der Waals surface area (Å²) in [6, 6.07) is 0. The molecule has 3 nitrogen and oxygen atoms in total. The van der Waals surface area contributed by atoms with Crippen LogP contribution in [0.4, 0.5) is 0 Å². The maximum atomic E-state index is 11.8. The van der Waals surface area contributed by atoms with Crippen molar-refractivity contribution < 1.29 is 9.90 Å². The molecule has 0 aromatic rings. The summed E-state index contributed by atoms with van der Waals surface area (Å²) in [4.78, 5) is 14.2. The molecule has 0 amide bonds. The van der Waals surface area contributed by atoms with Crippen molar-refractivity contribution >= 4 is 5.97 Å². The Kier molecular flexibility index (Phi) is 3.72. The summed E-state index contributed by atoms with van der Waals surface area (Å²) >= 11 is 0. The zero-order chi connectivity index (χ0) is 13.4. The van der Waals surface area contributed by atoms with Crippen LogP contribution in [0.25, 0.3) is 0 Å². The van der Waals surface area contributed by atoms with Gasteiger partial charge in [0.2, 0.25) is 0 Å².